The van der Waals surface area contributed by atoms with Crippen LogP contribution in [0.1, 0.15) is 11.5 Å². The number of amides is 1. The number of nitrogens with one attached hydrogen (secondary N) is 2. The van der Waals surface area contributed by atoms with Crippen molar-refractivity contribution in [1.29, 1.82) is 0 Å². The summed E-state index contributed by atoms with van der Waals surface area (Å²) in [6.07, 6.45) is 1.42. The highest BCUT2D eigenvalue weighted by atomic mass is 19.1. The summed E-state index contributed by atoms with van der Waals surface area (Å²) in [6, 6.07) is 9.30. The molecule has 1 aromatic heterocycles. The van der Waals surface area contributed by atoms with E-state index in [0.717, 1.165) is 5.76 Å². The SMILES string of the molecule is Cc1ccc(C=NNC(=O)CNc2ccc(F)cc2)o1. The Balaban J connectivity index is 1.75. The number of hydrogen-bond donors (Lipinski definition) is 2. The minimum atomic E-state index is -0.321. The number of benzene rings is 1. The quantitative estimate of drug-likeness (QED) is 0.650. The van der Waals surface area contributed by atoms with Crippen LogP contribution in [0.4, 0.5) is 10.1 Å². The number of anilines is 1. The third kappa shape index (κ3) is 4.24. The lowest BCUT2D eigenvalue weighted by Crippen LogP contribution is -2.25. The lowest BCUT2D eigenvalue weighted by atomic mass is 10.3. The highest BCUT2D eigenvalue weighted by molar-refractivity contribution is 5.83. The minimum absolute atomic E-state index is 0.0418. The number of hydrogen-bond acceptors (Lipinski definition) is 4. The Kier molecular flexibility index (Phi) is 4.49. The summed E-state index contributed by atoms with van der Waals surface area (Å²) in [6.45, 7) is 1.86. The molecule has 2 N–H and O–H groups in total. The lowest BCUT2D eigenvalue weighted by molar-refractivity contribution is -0.119. The maximum Gasteiger partial charge on any atom is 0.259 e. The number of halogens is 1. The van der Waals surface area contributed by atoms with Crippen LogP contribution >= 0.6 is 0 Å². The Morgan fingerprint density at radius 1 is 1.30 bits per heavy atom. The molecule has 1 heterocycles. The van der Waals surface area contributed by atoms with Gasteiger partial charge in [-0.1, -0.05) is 0 Å². The summed E-state index contributed by atoms with van der Waals surface area (Å²) in [5.41, 5.74) is 3.02. The molecule has 0 saturated heterocycles. The van der Waals surface area contributed by atoms with Gasteiger partial charge in [0.25, 0.3) is 5.91 Å². The van der Waals surface area contributed by atoms with E-state index in [1.807, 2.05) is 6.92 Å². The van der Waals surface area contributed by atoms with E-state index in [0.29, 0.717) is 11.4 Å². The third-order valence-electron chi connectivity index (χ3n) is 2.44. The lowest BCUT2D eigenvalue weighted by Gasteiger charge is -2.04. The summed E-state index contributed by atoms with van der Waals surface area (Å²) in [7, 11) is 0. The maximum absolute atomic E-state index is 12.7. The van der Waals surface area contributed by atoms with Gasteiger partial charge in [0.05, 0.1) is 12.8 Å². The first kappa shape index (κ1) is 13.8. The molecule has 5 nitrogen and oxygen atoms in total. The molecule has 0 atom stereocenters. The van der Waals surface area contributed by atoms with E-state index < -0.39 is 0 Å². The number of hydrazone groups is 1. The predicted octanol–water partition coefficient (Wildman–Crippen LogP) is 2.29. The standard InChI is InChI=1S/C14H14FN3O2/c1-10-2-7-13(20-10)8-17-18-14(19)9-16-12-5-3-11(15)4-6-12/h2-8,16H,9H2,1H3,(H,18,19). The van der Waals surface area contributed by atoms with Crippen molar-refractivity contribution in [2.75, 3.05) is 11.9 Å². The van der Waals surface area contributed by atoms with Crippen molar-refractivity contribution < 1.29 is 13.6 Å². The average Bonchev–Trinajstić information content (AvgIpc) is 2.84. The molecular formula is C14H14FN3O2. The van der Waals surface area contributed by atoms with E-state index in [9.17, 15) is 9.18 Å². The minimum Gasteiger partial charge on any atom is -0.460 e. The molecule has 2 aromatic rings. The zero-order chi connectivity index (χ0) is 14.4. The van der Waals surface area contributed by atoms with E-state index in [1.165, 1.54) is 18.3 Å². The topological polar surface area (TPSA) is 66.6 Å². The van der Waals surface area contributed by atoms with Gasteiger partial charge in [0.2, 0.25) is 0 Å². The largest absolute Gasteiger partial charge is 0.460 e. The molecule has 1 aromatic carbocycles. The second-order valence-corrected chi connectivity index (χ2v) is 4.10. The summed E-state index contributed by atoms with van der Waals surface area (Å²) < 4.78 is 17.9. The number of furan rings is 1. The first-order valence-corrected chi connectivity index (χ1v) is 6.01. The summed E-state index contributed by atoms with van der Waals surface area (Å²) in [5.74, 6) is 0.706. The Morgan fingerprint density at radius 2 is 2.05 bits per heavy atom. The first-order chi connectivity index (χ1) is 9.63. The van der Waals surface area contributed by atoms with E-state index in [-0.39, 0.29) is 18.3 Å². The number of carbonyl (C=O) groups excluding carboxylic acids is 1. The second kappa shape index (κ2) is 6.51. The van der Waals surface area contributed by atoms with Crippen LogP contribution in [0.15, 0.2) is 45.9 Å². The molecule has 0 aliphatic carbocycles. The second-order valence-electron chi connectivity index (χ2n) is 4.10. The molecule has 0 fully saturated rings. The molecule has 2 rings (SSSR count). The molecule has 0 saturated carbocycles. The molecule has 0 aliphatic rings. The average molecular weight is 275 g/mol. The van der Waals surface area contributed by atoms with Crippen LogP contribution in [0, 0.1) is 12.7 Å². The van der Waals surface area contributed by atoms with E-state index in [4.69, 9.17) is 4.42 Å². The maximum atomic E-state index is 12.7. The highest BCUT2D eigenvalue weighted by Crippen LogP contribution is 2.07. The van der Waals surface area contributed by atoms with Crippen LogP contribution < -0.4 is 10.7 Å². The molecule has 0 aliphatic heterocycles. The number of carbonyl (C=O) groups is 1. The third-order valence-corrected chi connectivity index (χ3v) is 2.44. The molecule has 0 bridgehead atoms. The first-order valence-electron chi connectivity index (χ1n) is 6.01. The van der Waals surface area contributed by atoms with Gasteiger partial charge >= 0.3 is 0 Å². The Hall–Kier alpha value is -2.63. The van der Waals surface area contributed by atoms with Crippen molar-refractivity contribution in [3.8, 4) is 0 Å². The van der Waals surface area contributed by atoms with Crippen molar-refractivity contribution in [2.24, 2.45) is 5.10 Å². The monoisotopic (exact) mass is 275 g/mol. The van der Waals surface area contributed by atoms with Crippen LogP contribution in [0.2, 0.25) is 0 Å². The Bertz CT molecular complexity index is 605. The summed E-state index contributed by atoms with van der Waals surface area (Å²) >= 11 is 0. The zero-order valence-electron chi connectivity index (χ0n) is 10.9. The van der Waals surface area contributed by atoms with Gasteiger partial charge in [-0.05, 0) is 43.3 Å². The van der Waals surface area contributed by atoms with Crippen molar-refractivity contribution >= 4 is 17.8 Å². The van der Waals surface area contributed by atoms with Crippen LogP contribution in [-0.4, -0.2) is 18.7 Å². The number of rotatable bonds is 5. The van der Waals surface area contributed by atoms with E-state index in [1.54, 1.807) is 24.3 Å². The van der Waals surface area contributed by atoms with Gasteiger partial charge in [-0.15, -0.1) is 0 Å². The van der Waals surface area contributed by atoms with Gasteiger partial charge < -0.3 is 9.73 Å². The van der Waals surface area contributed by atoms with Gasteiger partial charge in [0.15, 0.2) is 0 Å². The smallest absolute Gasteiger partial charge is 0.259 e. The summed E-state index contributed by atoms with van der Waals surface area (Å²) in [5, 5.41) is 6.61. The highest BCUT2D eigenvalue weighted by Gasteiger charge is 2.00. The molecule has 0 radical (unpaired) electrons. The van der Waals surface area contributed by atoms with Crippen LogP contribution in [0.3, 0.4) is 0 Å². The van der Waals surface area contributed by atoms with Crippen molar-refractivity contribution in [1.82, 2.24) is 5.43 Å². The van der Waals surface area contributed by atoms with E-state index in [2.05, 4.69) is 15.8 Å². The Morgan fingerprint density at radius 3 is 2.70 bits per heavy atom. The fourth-order valence-electron chi connectivity index (χ4n) is 1.48. The van der Waals surface area contributed by atoms with Gasteiger partial charge in [0, 0.05) is 5.69 Å². The molecule has 0 spiro atoms. The molecule has 0 unspecified atom stereocenters. The fourth-order valence-corrected chi connectivity index (χ4v) is 1.48. The molecule has 6 heteroatoms. The zero-order valence-corrected chi connectivity index (χ0v) is 10.9. The van der Waals surface area contributed by atoms with Gasteiger partial charge in [-0.25, -0.2) is 9.82 Å². The fraction of sp³-hybridized carbons (Fsp3) is 0.143. The van der Waals surface area contributed by atoms with Gasteiger partial charge in [0.1, 0.15) is 17.3 Å². The van der Waals surface area contributed by atoms with Crippen LogP contribution in [0.5, 0.6) is 0 Å². The summed E-state index contributed by atoms with van der Waals surface area (Å²) in [4.78, 5) is 11.5. The Labute approximate surface area is 115 Å². The normalized spacial score (nSPS) is 10.7. The van der Waals surface area contributed by atoms with Crippen LogP contribution in [-0.2, 0) is 4.79 Å². The predicted molar refractivity (Wildman–Crippen MR) is 74.1 cm³/mol. The molecule has 20 heavy (non-hydrogen) atoms. The van der Waals surface area contributed by atoms with Crippen molar-refractivity contribution in [2.45, 2.75) is 6.92 Å². The van der Waals surface area contributed by atoms with Crippen LogP contribution in [0.25, 0.3) is 0 Å². The number of nitrogens with zero attached hydrogens (tertiary/aromatic N) is 1. The van der Waals surface area contributed by atoms with Crippen molar-refractivity contribution in [3.05, 3.63) is 53.7 Å². The number of aryl methyl sites for hydroxylation is 1. The van der Waals surface area contributed by atoms with Crippen molar-refractivity contribution in [3.63, 3.8) is 0 Å². The molecule has 1 amide bonds. The van der Waals surface area contributed by atoms with Gasteiger partial charge in [-0.2, -0.15) is 5.10 Å². The molecule has 104 valence electrons. The molecular weight excluding hydrogens is 261 g/mol. The van der Waals surface area contributed by atoms with Gasteiger partial charge in [-0.3, -0.25) is 4.79 Å². The van der Waals surface area contributed by atoms with E-state index >= 15 is 0 Å².